The summed E-state index contributed by atoms with van der Waals surface area (Å²) >= 11 is 0. The normalized spacial score (nSPS) is 13.9. The highest BCUT2D eigenvalue weighted by molar-refractivity contribution is 4.88. The van der Waals surface area contributed by atoms with Crippen molar-refractivity contribution in [2.75, 3.05) is 7.05 Å². The lowest BCUT2D eigenvalue weighted by atomic mass is 10.2. The van der Waals surface area contributed by atoms with Gasteiger partial charge in [-0.3, -0.25) is 0 Å². The molecule has 1 aromatic heterocycles. The lowest BCUT2D eigenvalue weighted by Gasteiger charge is -2.06. The molecule has 0 bridgehead atoms. The van der Waals surface area contributed by atoms with E-state index in [0.717, 1.165) is 6.42 Å². The second kappa shape index (κ2) is 6.00. The van der Waals surface area contributed by atoms with E-state index in [1.165, 1.54) is 0 Å². The molecular weight excluding hydrogens is 235 g/mol. The van der Waals surface area contributed by atoms with Crippen molar-refractivity contribution in [1.29, 1.82) is 0 Å². The second-order valence-electron chi connectivity index (χ2n) is 3.95. The molecule has 0 aliphatic rings. The van der Waals surface area contributed by atoms with Crippen molar-refractivity contribution in [3.8, 4) is 0 Å². The first-order valence-electron chi connectivity index (χ1n) is 5.46. The number of hydrogen-bond donors (Lipinski definition) is 1. The minimum Gasteiger partial charge on any atom is -0.339 e. The number of nitrogens with zero attached hydrogens (tertiary/aromatic N) is 2. The largest absolute Gasteiger partial charge is 0.389 e. The molecule has 0 fully saturated rings. The molecule has 0 spiro atoms. The fourth-order valence-corrected chi connectivity index (χ4v) is 1.23. The maximum atomic E-state index is 12.0. The third kappa shape index (κ3) is 5.67. The first-order valence-corrected chi connectivity index (χ1v) is 5.46. The zero-order valence-electron chi connectivity index (χ0n) is 9.84. The Morgan fingerprint density at radius 3 is 2.65 bits per heavy atom. The Labute approximate surface area is 97.6 Å². The Bertz CT molecular complexity index is 338. The maximum absolute atomic E-state index is 12.0. The van der Waals surface area contributed by atoms with Crippen LogP contribution in [0.1, 0.15) is 31.5 Å². The van der Waals surface area contributed by atoms with E-state index < -0.39 is 12.6 Å². The summed E-state index contributed by atoms with van der Waals surface area (Å²) in [7, 11) is 1.84. The van der Waals surface area contributed by atoms with Crippen LogP contribution in [0.2, 0.25) is 0 Å². The number of hydrogen-bond acceptors (Lipinski definition) is 4. The standard InChI is InChI=1S/C10H16F3N3O/c1-7(14-2)3-4-9-15-8(16-17-9)5-6-10(11,12)13/h7,14H,3-6H2,1-2H3. The van der Waals surface area contributed by atoms with Gasteiger partial charge in [-0.1, -0.05) is 5.16 Å². The lowest BCUT2D eigenvalue weighted by Crippen LogP contribution is -2.21. The average Bonchev–Trinajstić information content (AvgIpc) is 2.70. The minimum atomic E-state index is -4.18. The minimum absolute atomic E-state index is 0.120. The van der Waals surface area contributed by atoms with Gasteiger partial charge in [0.25, 0.3) is 0 Å². The van der Waals surface area contributed by atoms with Crippen LogP contribution in [0.3, 0.4) is 0 Å². The van der Waals surface area contributed by atoms with Crippen LogP contribution in [-0.4, -0.2) is 29.4 Å². The summed E-state index contributed by atoms with van der Waals surface area (Å²) in [5.74, 6) is 0.513. The Morgan fingerprint density at radius 2 is 2.06 bits per heavy atom. The van der Waals surface area contributed by atoms with Crippen LogP contribution < -0.4 is 5.32 Å². The van der Waals surface area contributed by atoms with E-state index in [9.17, 15) is 13.2 Å². The van der Waals surface area contributed by atoms with Crippen molar-refractivity contribution in [2.45, 2.75) is 44.8 Å². The zero-order valence-corrected chi connectivity index (χ0v) is 9.84. The molecule has 0 aliphatic carbocycles. The molecule has 98 valence electrons. The van der Waals surface area contributed by atoms with Crippen molar-refractivity contribution in [3.05, 3.63) is 11.7 Å². The highest BCUT2D eigenvalue weighted by atomic mass is 19.4. The van der Waals surface area contributed by atoms with Gasteiger partial charge in [-0.15, -0.1) is 0 Å². The molecule has 17 heavy (non-hydrogen) atoms. The van der Waals surface area contributed by atoms with Crippen LogP contribution in [-0.2, 0) is 12.8 Å². The molecule has 0 aliphatic heterocycles. The molecule has 0 amide bonds. The van der Waals surface area contributed by atoms with Crippen LogP contribution in [0.4, 0.5) is 13.2 Å². The number of halogens is 3. The van der Waals surface area contributed by atoms with E-state index in [4.69, 9.17) is 4.52 Å². The van der Waals surface area contributed by atoms with Gasteiger partial charge in [0.15, 0.2) is 5.82 Å². The Kier molecular flexibility index (Phi) is 4.92. The highest BCUT2D eigenvalue weighted by Crippen LogP contribution is 2.21. The third-order valence-corrected chi connectivity index (χ3v) is 2.43. The molecule has 1 N–H and O–H groups in total. The van der Waals surface area contributed by atoms with Crippen molar-refractivity contribution in [2.24, 2.45) is 0 Å². The molecule has 0 saturated heterocycles. The van der Waals surface area contributed by atoms with Gasteiger partial charge in [-0.2, -0.15) is 18.2 Å². The van der Waals surface area contributed by atoms with Gasteiger partial charge in [0, 0.05) is 18.9 Å². The van der Waals surface area contributed by atoms with E-state index in [1.54, 1.807) is 0 Å². The molecule has 1 atom stereocenters. The third-order valence-electron chi connectivity index (χ3n) is 2.43. The van der Waals surface area contributed by atoms with E-state index in [1.807, 2.05) is 14.0 Å². The first kappa shape index (κ1) is 14.0. The average molecular weight is 251 g/mol. The van der Waals surface area contributed by atoms with E-state index in [2.05, 4.69) is 15.5 Å². The van der Waals surface area contributed by atoms with Crippen LogP contribution >= 0.6 is 0 Å². The van der Waals surface area contributed by atoms with Gasteiger partial charge >= 0.3 is 6.18 Å². The van der Waals surface area contributed by atoms with Crippen LogP contribution in [0, 0.1) is 0 Å². The van der Waals surface area contributed by atoms with Crippen molar-refractivity contribution < 1.29 is 17.7 Å². The monoisotopic (exact) mass is 251 g/mol. The Morgan fingerprint density at radius 1 is 1.35 bits per heavy atom. The molecule has 1 unspecified atom stereocenters. The first-order chi connectivity index (χ1) is 7.90. The number of rotatable bonds is 6. The van der Waals surface area contributed by atoms with E-state index in [-0.39, 0.29) is 12.2 Å². The summed E-state index contributed by atoms with van der Waals surface area (Å²) in [4.78, 5) is 3.91. The van der Waals surface area contributed by atoms with Gasteiger partial charge in [0.05, 0.1) is 6.42 Å². The van der Waals surface area contributed by atoms with Crippen LogP contribution in [0.5, 0.6) is 0 Å². The van der Waals surface area contributed by atoms with Gasteiger partial charge in [-0.25, -0.2) is 0 Å². The summed E-state index contributed by atoms with van der Waals surface area (Å²) in [6, 6.07) is 0.306. The number of alkyl halides is 3. The second-order valence-corrected chi connectivity index (χ2v) is 3.95. The zero-order chi connectivity index (χ0) is 12.9. The molecular formula is C10H16F3N3O. The van der Waals surface area contributed by atoms with Crippen LogP contribution in [0.25, 0.3) is 0 Å². The number of aryl methyl sites for hydroxylation is 2. The molecule has 1 heterocycles. The Hall–Kier alpha value is -1.11. The lowest BCUT2D eigenvalue weighted by molar-refractivity contribution is -0.134. The predicted molar refractivity (Wildman–Crippen MR) is 55.5 cm³/mol. The fraction of sp³-hybridized carbons (Fsp3) is 0.800. The summed E-state index contributed by atoms with van der Waals surface area (Å²) in [5, 5.41) is 6.56. The van der Waals surface area contributed by atoms with Gasteiger partial charge in [-0.05, 0) is 20.4 Å². The van der Waals surface area contributed by atoms with Gasteiger partial charge in [0.2, 0.25) is 5.89 Å². The molecule has 0 saturated carbocycles. The SMILES string of the molecule is CNC(C)CCc1nc(CCC(F)(F)F)no1. The summed E-state index contributed by atoms with van der Waals surface area (Å²) in [6.07, 6.45) is -3.95. The predicted octanol–water partition coefficient (Wildman–Crippen LogP) is 2.10. The topological polar surface area (TPSA) is 51.0 Å². The quantitative estimate of drug-likeness (QED) is 0.841. The van der Waals surface area contributed by atoms with Gasteiger partial charge < -0.3 is 9.84 Å². The molecule has 1 aromatic rings. The van der Waals surface area contributed by atoms with Crippen molar-refractivity contribution >= 4 is 0 Å². The summed E-state index contributed by atoms with van der Waals surface area (Å²) in [6.45, 7) is 2.00. The molecule has 1 rings (SSSR count). The number of nitrogens with one attached hydrogen (secondary N) is 1. The summed E-state index contributed by atoms with van der Waals surface area (Å²) < 4.78 is 40.7. The summed E-state index contributed by atoms with van der Waals surface area (Å²) in [5.41, 5.74) is 0. The maximum Gasteiger partial charge on any atom is 0.389 e. The van der Waals surface area contributed by atoms with Crippen LogP contribution in [0.15, 0.2) is 4.52 Å². The van der Waals surface area contributed by atoms with E-state index in [0.29, 0.717) is 18.4 Å². The highest BCUT2D eigenvalue weighted by Gasteiger charge is 2.27. The number of aromatic nitrogens is 2. The fourth-order valence-electron chi connectivity index (χ4n) is 1.23. The van der Waals surface area contributed by atoms with Crippen molar-refractivity contribution in [3.63, 3.8) is 0 Å². The van der Waals surface area contributed by atoms with Gasteiger partial charge in [0.1, 0.15) is 0 Å². The molecule has 7 heteroatoms. The van der Waals surface area contributed by atoms with E-state index >= 15 is 0 Å². The molecule has 0 aromatic carbocycles. The molecule has 4 nitrogen and oxygen atoms in total. The molecule has 0 radical (unpaired) electrons. The Balaban J connectivity index is 2.37. The van der Waals surface area contributed by atoms with Crippen molar-refractivity contribution in [1.82, 2.24) is 15.5 Å². The smallest absolute Gasteiger partial charge is 0.339 e.